The lowest BCUT2D eigenvalue weighted by Gasteiger charge is -2.25. The number of aromatic nitrogens is 2. The van der Waals surface area contributed by atoms with Gasteiger partial charge in [-0.05, 0) is 25.7 Å². The molecule has 1 aliphatic carbocycles. The molecule has 5 nitrogen and oxygen atoms in total. The summed E-state index contributed by atoms with van der Waals surface area (Å²) in [5.74, 6) is 7.31. The largest absolute Gasteiger partial charge is 0.353 e. The minimum atomic E-state index is 0.667. The molecule has 1 saturated carbocycles. The lowest BCUT2D eigenvalue weighted by Crippen LogP contribution is -2.29. The van der Waals surface area contributed by atoms with Crippen LogP contribution in [-0.2, 0) is 6.42 Å². The highest BCUT2D eigenvalue weighted by Crippen LogP contribution is 2.34. The smallest absolute Gasteiger partial charge is 0.148 e. The molecule has 5 heteroatoms. The van der Waals surface area contributed by atoms with Crippen molar-refractivity contribution in [3.05, 3.63) is 11.9 Å². The first kappa shape index (κ1) is 12.1. The summed E-state index contributed by atoms with van der Waals surface area (Å²) in [6.45, 7) is 5.36. The SMILES string of the molecule is CCCN(c1ncnc(NN)c1CC)C1CC1. The van der Waals surface area contributed by atoms with Gasteiger partial charge in [-0.15, -0.1) is 0 Å². The van der Waals surface area contributed by atoms with Gasteiger partial charge in [-0.3, -0.25) is 0 Å². The van der Waals surface area contributed by atoms with Gasteiger partial charge in [-0.1, -0.05) is 13.8 Å². The van der Waals surface area contributed by atoms with E-state index in [9.17, 15) is 0 Å². The van der Waals surface area contributed by atoms with E-state index in [1.807, 2.05) is 0 Å². The van der Waals surface area contributed by atoms with Gasteiger partial charge in [-0.2, -0.15) is 0 Å². The fourth-order valence-electron chi connectivity index (χ4n) is 2.19. The van der Waals surface area contributed by atoms with Crippen molar-refractivity contribution in [2.75, 3.05) is 16.9 Å². The first-order valence-electron chi connectivity index (χ1n) is 6.38. The van der Waals surface area contributed by atoms with E-state index in [1.165, 1.54) is 12.8 Å². The molecule has 0 spiro atoms. The van der Waals surface area contributed by atoms with Gasteiger partial charge in [0, 0.05) is 18.2 Å². The molecule has 0 amide bonds. The van der Waals surface area contributed by atoms with Gasteiger partial charge >= 0.3 is 0 Å². The van der Waals surface area contributed by atoms with Crippen molar-refractivity contribution in [3.63, 3.8) is 0 Å². The number of nitrogen functional groups attached to an aromatic ring is 1. The second-order valence-corrected chi connectivity index (χ2v) is 4.45. The molecule has 3 N–H and O–H groups in total. The van der Waals surface area contributed by atoms with E-state index in [2.05, 4.69) is 34.1 Å². The van der Waals surface area contributed by atoms with Crippen molar-refractivity contribution in [1.82, 2.24) is 9.97 Å². The maximum Gasteiger partial charge on any atom is 0.148 e. The molecule has 1 heterocycles. The maximum atomic E-state index is 5.50. The van der Waals surface area contributed by atoms with E-state index in [1.54, 1.807) is 6.33 Å². The van der Waals surface area contributed by atoms with E-state index in [-0.39, 0.29) is 0 Å². The number of hydrogen-bond donors (Lipinski definition) is 2. The van der Waals surface area contributed by atoms with Gasteiger partial charge in [0.1, 0.15) is 18.0 Å². The Labute approximate surface area is 102 Å². The van der Waals surface area contributed by atoms with Crippen LogP contribution in [0, 0.1) is 0 Å². The van der Waals surface area contributed by atoms with Crippen molar-refractivity contribution >= 4 is 11.6 Å². The third-order valence-electron chi connectivity index (χ3n) is 3.14. The summed E-state index contributed by atoms with van der Waals surface area (Å²) < 4.78 is 0. The second kappa shape index (κ2) is 5.31. The first-order valence-corrected chi connectivity index (χ1v) is 6.38. The summed E-state index contributed by atoms with van der Waals surface area (Å²) in [5.41, 5.74) is 3.79. The number of rotatable bonds is 6. The van der Waals surface area contributed by atoms with Crippen LogP contribution in [0.4, 0.5) is 11.6 Å². The molecule has 1 aromatic rings. The molecule has 17 heavy (non-hydrogen) atoms. The number of hydrogen-bond acceptors (Lipinski definition) is 5. The molecular formula is C12H21N5. The molecule has 0 radical (unpaired) electrons. The fourth-order valence-corrected chi connectivity index (χ4v) is 2.19. The van der Waals surface area contributed by atoms with Crippen molar-refractivity contribution in [2.45, 2.75) is 45.6 Å². The Bertz CT molecular complexity index is 375. The first-order chi connectivity index (χ1) is 8.31. The topological polar surface area (TPSA) is 67.1 Å². The highest BCUT2D eigenvalue weighted by atomic mass is 15.3. The van der Waals surface area contributed by atoms with E-state index in [0.717, 1.165) is 36.6 Å². The quantitative estimate of drug-likeness (QED) is 0.580. The minimum Gasteiger partial charge on any atom is -0.353 e. The van der Waals surface area contributed by atoms with Crippen LogP contribution in [0.5, 0.6) is 0 Å². The molecule has 0 aliphatic heterocycles. The highest BCUT2D eigenvalue weighted by molar-refractivity contribution is 5.59. The lowest BCUT2D eigenvalue weighted by molar-refractivity contribution is 0.741. The van der Waals surface area contributed by atoms with Crippen LogP contribution in [0.2, 0.25) is 0 Å². The molecule has 0 saturated heterocycles. The minimum absolute atomic E-state index is 0.667. The Morgan fingerprint density at radius 2 is 2.18 bits per heavy atom. The van der Waals surface area contributed by atoms with Gasteiger partial charge in [0.25, 0.3) is 0 Å². The zero-order chi connectivity index (χ0) is 12.3. The molecule has 94 valence electrons. The number of hydrazine groups is 1. The van der Waals surface area contributed by atoms with Crippen molar-refractivity contribution in [1.29, 1.82) is 0 Å². The predicted molar refractivity (Wildman–Crippen MR) is 69.9 cm³/mol. The Morgan fingerprint density at radius 1 is 1.41 bits per heavy atom. The maximum absolute atomic E-state index is 5.50. The third-order valence-corrected chi connectivity index (χ3v) is 3.14. The fraction of sp³-hybridized carbons (Fsp3) is 0.667. The molecule has 1 aromatic heterocycles. The van der Waals surface area contributed by atoms with Gasteiger partial charge in [-0.25, -0.2) is 15.8 Å². The summed E-state index contributed by atoms with van der Waals surface area (Å²) in [6.07, 6.45) is 6.17. The Hall–Kier alpha value is -1.36. The van der Waals surface area contributed by atoms with Crippen LogP contribution in [0.25, 0.3) is 0 Å². The van der Waals surface area contributed by atoms with Crippen LogP contribution in [0.3, 0.4) is 0 Å². The molecule has 1 aliphatic rings. The van der Waals surface area contributed by atoms with E-state index >= 15 is 0 Å². The van der Waals surface area contributed by atoms with Crippen LogP contribution in [0.1, 0.15) is 38.7 Å². The van der Waals surface area contributed by atoms with Gasteiger partial charge in [0.2, 0.25) is 0 Å². The van der Waals surface area contributed by atoms with Crippen molar-refractivity contribution in [3.8, 4) is 0 Å². The summed E-state index contributed by atoms with van der Waals surface area (Å²) in [7, 11) is 0. The highest BCUT2D eigenvalue weighted by Gasteiger charge is 2.31. The summed E-state index contributed by atoms with van der Waals surface area (Å²) in [4.78, 5) is 11.0. The molecule has 0 bridgehead atoms. The zero-order valence-corrected chi connectivity index (χ0v) is 10.6. The van der Waals surface area contributed by atoms with Gasteiger partial charge < -0.3 is 10.3 Å². The monoisotopic (exact) mass is 235 g/mol. The number of nitrogens with one attached hydrogen (secondary N) is 1. The van der Waals surface area contributed by atoms with E-state index in [0.29, 0.717) is 6.04 Å². The van der Waals surface area contributed by atoms with Crippen LogP contribution in [-0.4, -0.2) is 22.6 Å². The van der Waals surface area contributed by atoms with Crippen LogP contribution < -0.4 is 16.2 Å². The molecular weight excluding hydrogens is 214 g/mol. The van der Waals surface area contributed by atoms with Crippen LogP contribution >= 0.6 is 0 Å². The molecule has 0 atom stereocenters. The molecule has 0 aromatic carbocycles. The van der Waals surface area contributed by atoms with Crippen LogP contribution in [0.15, 0.2) is 6.33 Å². The number of nitrogens with zero attached hydrogens (tertiary/aromatic N) is 3. The summed E-state index contributed by atoms with van der Waals surface area (Å²) in [6, 6.07) is 0.667. The summed E-state index contributed by atoms with van der Waals surface area (Å²) in [5, 5.41) is 0. The standard InChI is InChI=1S/C12H21N5/c1-3-7-17(9-5-6-9)12-10(4-2)11(16-13)14-8-15-12/h8-9H,3-7,13H2,1-2H3,(H,14,15,16). The Balaban J connectivity index is 2.34. The summed E-state index contributed by atoms with van der Waals surface area (Å²) >= 11 is 0. The molecule has 0 unspecified atom stereocenters. The Morgan fingerprint density at radius 3 is 2.71 bits per heavy atom. The zero-order valence-electron chi connectivity index (χ0n) is 10.6. The average molecular weight is 235 g/mol. The third kappa shape index (κ3) is 2.49. The molecule has 2 rings (SSSR count). The van der Waals surface area contributed by atoms with E-state index < -0.39 is 0 Å². The Kier molecular flexibility index (Phi) is 3.78. The van der Waals surface area contributed by atoms with Crippen molar-refractivity contribution in [2.24, 2.45) is 5.84 Å². The normalized spacial score (nSPS) is 14.8. The number of nitrogens with two attached hydrogens (primary N) is 1. The predicted octanol–water partition coefficient (Wildman–Crippen LogP) is 1.70. The van der Waals surface area contributed by atoms with Gasteiger partial charge in [0.15, 0.2) is 0 Å². The van der Waals surface area contributed by atoms with Crippen molar-refractivity contribution < 1.29 is 0 Å². The molecule has 1 fully saturated rings. The number of anilines is 2. The second-order valence-electron chi connectivity index (χ2n) is 4.45. The van der Waals surface area contributed by atoms with E-state index in [4.69, 9.17) is 5.84 Å². The average Bonchev–Trinajstić information content (AvgIpc) is 3.19. The van der Waals surface area contributed by atoms with Gasteiger partial charge in [0.05, 0.1) is 0 Å². The lowest BCUT2D eigenvalue weighted by atomic mass is 10.2.